The number of carbonyl (C=O) groups is 3. The molecule has 0 aliphatic carbocycles. The Labute approximate surface area is 166 Å². The Morgan fingerprint density at radius 1 is 1.00 bits per heavy atom. The molecule has 1 rings (SSSR count). The molecule has 0 aliphatic heterocycles. The molecule has 0 aliphatic rings. The number of rotatable bonds is 10. The first kappa shape index (κ1) is 26.0. The molecule has 0 heterocycles. The number of ether oxygens (including phenoxy) is 2. The van der Waals surface area contributed by atoms with E-state index in [2.05, 4.69) is 9.47 Å². The molecule has 0 radical (unpaired) electrons. The number of aldehydes is 1. The first-order valence-corrected chi connectivity index (χ1v) is 10.5. The maximum Gasteiger partial charge on any atom is 0.362 e. The third-order valence-corrected chi connectivity index (χ3v) is 5.65. The first-order chi connectivity index (χ1) is 13.3. The second-order valence-corrected chi connectivity index (χ2v) is 7.34. The van der Waals surface area contributed by atoms with Gasteiger partial charge in [0.25, 0.3) is 0 Å². The zero-order chi connectivity index (χ0) is 21.6. The molecule has 0 aromatic heterocycles. The molecule has 0 spiro atoms. The molecule has 8 nitrogen and oxygen atoms in total. The van der Waals surface area contributed by atoms with E-state index in [0.717, 1.165) is 5.56 Å². The van der Waals surface area contributed by atoms with Gasteiger partial charge in [-0.05, 0) is 31.9 Å². The Morgan fingerprint density at radius 2 is 1.57 bits per heavy atom. The van der Waals surface area contributed by atoms with Crippen LogP contribution in [0.2, 0.25) is 0 Å². The summed E-state index contributed by atoms with van der Waals surface area (Å²) in [5.41, 5.74) is 1.01. The van der Waals surface area contributed by atoms with E-state index in [4.69, 9.17) is 9.05 Å². The summed E-state index contributed by atoms with van der Waals surface area (Å²) in [6.45, 7) is 5.55. The van der Waals surface area contributed by atoms with Gasteiger partial charge < -0.3 is 18.5 Å². The third kappa shape index (κ3) is 8.78. The summed E-state index contributed by atoms with van der Waals surface area (Å²) >= 11 is 0. The lowest BCUT2D eigenvalue weighted by molar-refractivity contribution is -0.141. The molecule has 0 atom stereocenters. The van der Waals surface area contributed by atoms with Gasteiger partial charge in [-0.25, -0.2) is 0 Å². The van der Waals surface area contributed by atoms with Crippen LogP contribution in [0, 0.1) is 0 Å². The number of hydrogen-bond acceptors (Lipinski definition) is 8. The number of methoxy groups -OCH3 is 2. The summed E-state index contributed by atoms with van der Waals surface area (Å²) in [5, 5.41) is 0.230. The molecule has 0 saturated carbocycles. The standard InChI is InChI=1S/C15H21O6P.C4H8O2/c1-4-20-22(18,21-5-2)14-10-12(6-8-13(14)11-16)7-9-15(17)19-3;1-3-4(5)6-2/h6,8,10-11H,4-5,7,9H2,1-3H3;3H2,1-2H3. The van der Waals surface area contributed by atoms with Crippen molar-refractivity contribution in [2.75, 3.05) is 27.4 Å². The molecule has 0 saturated heterocycles. The molecule has 0 fully saturated rings. The quantitative estimate of drug-likeness (QED) is 0.326. The van der Waals surface area contributed by atoms with E-state index in [-0.39, 0.29) is 42.4 Å². The van der Waals surface area contributed by atoms with Crippen LogP contribution in [0.25, 0.3) is 0 Å². The Kier molecular flexibility index (Phi) is 13.0. The maximum atomic E-state index is 12.8. The van der Waals surface area contributed by atoms with Gasteiger partial charge in [-0.15, -0.1) is 0 Å². The highest BCUT2D eigenvalue weighted by molar-refractivity contribution is 7.62. The molecule has 0 N–H and O–H groups in total. The fraction of sp³-hybridized carbons (Fsp3) is 0.526. The van der Waals surface area contributed by atoms with Gasteiger partial charge >= 0.3 is 19.5 Å². The maximum absolute atomic E-state index is 12.8. The molecule has 158 valence electrons. The van der Waals surface area contributed by atoms with Crippen LogP contribution in [0.1, 0.15) is 49.5 Å². The van der Waals surface area contributed by atoms with E-state index >= 15 is 0 Å². The third-order valence-electron chi connectivity index (χ3n) is 3.48. The van der Waals surface area contributed by atoms with Crippen LogP contribution in [0.4, 0.5) is 0 Å². The Morgan fingerprint density at radius 3 is 1.96 bits per heavy atom. The van der Waals surface area contributed by atoms with E-state index in [1.54, 1.807) is 39.0 Å². The fourth-order valence-corrected chi connectivity index (χ4v) is 3.89. The Hall–Kier alpha value is -2.02. The van der Waals surface area contributed by atoms with Gasteiger partial charge in [0.2, 0.25) is 0 Å². The van der Waals surface area contributed by atoms with Crippen molar-refractivity contribution in [1.29, 1.82) is 0 Å². The molecule has 0 bridgehead atoms. The predicted octanol–water partition coefficient (Wildman–Crippen LogP) is 3.07. The van der Waals surface area contributed by atoms with Gasteiger partial charge in [-0.3, -0.25) is 18.9 Å². The van der Waals surface area contributed by atoms with Crippen LogP contribution in [0.5, 0.6) is 0 Å². The molecular weight excluding hydrogens is 387 g/mol. The average Bonchev–Trinajstić information content (AvgIpc) is 2.71. The van der Waals surface area contributed by atoms with Crippen molar-refractivity contribution in [1.82, 2.24) is 0 Å². The number of benzene rings is 1. The van der Waals surface area contributed by atoms with Crippen molar-refractivity contribution < 1.29 is 37.5 Å². The summed E-state index contributed by atoms with van der Waals surface area (Å²) in [7, 11) is -0.853. The molecular formula is C19H29O8P. The highest BCUT2D eigenvalue weighted by atomic mass is 31.2. The monoisotopic (exact) mass is 416 g/mol. The minimum atomic E-state index is -3.55. The van der Waals surface area contributed by atoms with Crippen molar-refractivity contribution >= 4 is 31.1 Å². The van der Waals surface area contributed by atoms with E-state index in [9.17, 15) is 18.9 Å². The van der Waals surface area contributed by atoms with Gasteiger partial charge in [0, 0.05) is 18.4 Å². The number of aryl methyl sites for hydroxylation is 1. The van der Waals surface area contributed by atoms with Crippen molar-refractivity contribution in [2.45, 2.75) is 40.0 Å². The summed E-state index contributed by atoms with van der Waals surface area (Å²) in [6.07, 6.45) is 1.70. The van der Waals surface area contributed by atoms with Crippen molar-refractivity contribution in [2.24, 2.45) is 0 Å². The van der Waals surface area contributed by atoms with E-state index < -0.39 is 7.60 Å². The average molecular weight is 416 g/mol. The van der Waals surface area contributed by atoms with Crippen molar-refractivity contribution in [3.63, 3.8) is 0 Å². The highest BCUT2D eigenvalue weighted by Gasteiger charge is 2.29. The van der Waals surface area contributed by atoms with Gasteiger partial charge in [0.05, 0.1) is 32.7 Å². The van der Waals surface area contributed by atoms with E-state index in [0.29, 0.717) is 19.1 Å². The van der Waals surface area contributed by atoms with Crippen molar-refractivity contribution in [3.8, 4) is 0 Å². The largest absolute Gasteiger partial charge is 0.469 e. The zero-order valence-corrected chi connectivity index (χ0v) is 18.0. The summed E-state index contributed by atoms with van der Waals surface area (Å²) < 4.78 is 32.3. The van der Waals surface area contributed by atoms with Gasteiger partial charge in [-0.1, -0.05) is 19.1 Å². The normalized spacial score (nSPS) is 10.5. The summed E-state index contributed by atoms with van der Waals surface area (Å²) in [6, 6.07) is 4.86. The second kappa shape index (κ2) is 14.0. The van der Waals surface area contributed by atoms with Crippen LogP contribution in [0.15, 0.2) is 18.2 Å². The lowest BCUT2D eigenvalue weighted by Crippen LogP contribution is -2.16. The van der Waals surface area contributed by atoms with Crippen LogP contribution < -0.4 is 5.30 Å². The molecule has 9 heteroatoms. The van der Waals surface area contributed by atoms with E-state index in [1.165, 1.54) is 14.2 Å². The molecule has 1 aromatic carbocycles. The minimum absolute atomic E-state index is 0.157. The lowest BCUT2D eigenvalue weighted by atomic mass is 10.1. The number of carbonyl (C=O) groups excluding carboxylic acids is 3. The highest BCUT2D eigenvalue weighted by Crippen LogP contribution is 2.47. The van der Waals surface area contributed by atoms with Crippen LogP contribution >= 0.6 is 7.60 Å². The number of hydrogen-bond donors (Lipinski definition) is 0. The van der Waals surface area contributed by atoms with E-state index in [1.807, 2.05) is 0 Å². The fourth-order valence-electron chi connectivity index (χ4n) is 2.09. The summed E-state index contributed by atoms with van der Waals surface area (Å²) in [5.74, 6) is -0.492. The van der Waals surface area contributed by atoms with Gasteiger partial charge in [0.1, 0.15) is 0 Å². The Balaban J connectivity index is 0.00000105. The van der Waals surface area contributed by atoms with Crippen LogP contribution in [-0.2, 0) is 39.1 Å². The van der Waals surface area contributed by atoms with Crippen molar-refractivity contribution in [3.05, 3.63) is 29.3 Å². The van der Waals surface area contributed by atoms with Crippen LogP contribution in [0.3, 0.4) is 0 Å². The zero-order valence-electron chi connectivity index (χ0n) is 17.1. The second-order valence-electron chi connectivity index (χ2n) is 5.35. The predicted molar refractivity (Wildman–Crippen MR) is 105 cm³/mol. The smallest absolute Gasteiger partial charge is 0.362 e. The van der Waals surface area contributed by atoms with Crippen LogP contribution in [-0.4, -0.2) is 45.7 Å². The number of esters is 2. The van der Waals surface area contributed by atoms with Gasteiger partial charge in [-0.2, -0.15) is 0 Å². The molecule has 28 heavy (non-hydrogen) atoms. The molecule has 1 aromatic rings. The first-order valence-electron chi connectivity index (χ1n) is 8.93. The lowest BCUT2D eigenvalue weighted by Gasteiger charge is -2.19. The Bertz CT molecular complexity index is 671. The minimum Gasteiger partial charge on any atom is -0.469 e. The SMILES string of the molecule is CCC(=O)OC.CCOP(=O)(OCC)c1cc(CCC(=O)OC)ccc1C=O. The molecule has 0 unspecified atom stereocenters. The van der Waals surface area contributed by atoms with Gasteiger partial charge in [0.15, 0.2) is 6.29 Å². The summed E-state index contributed by atoms with van der Waals surface area (Å²) in [4.78, 5) is 32.4. The topological polar surface area (TPSA) is 105 Å². The molecule has 0 amide bonds.